The fraction of sp³-hybridized carbons (Fsp3) is 0.182. The van der Waals surface area contributed by atoms with Crippen LogP contribution in [0.4, 0.5) is 13.2 Å². The zero-order chi connectivity index (χ0) is 12.9. The monoisotopic (exact) mass is 246 g/mol. The molecule has 0 radical (unpaired) electrons. The highest BCUT2D eigenvalue weighted by molar-refractivity contribution is 5.86. The standard InChI is InChI=1S/C11H9F3O3/c1-16-10(15)6-5-8-3-2-4-9(7-8)17-11(12,13)14/h2-7H,1H3. The summed E-state index contributed by atoms with van der Waals surface area (Å²) in [5.74, 6) is -0.934. The maximum absolute atomic E-state index is 11.9. The molecule has 1 aromatic rings. The van der Waals surface area contributed by atoms with Gasteiger partial charge in [-0.15, -0.1) is 13.2 Å². The van der Waals surface area contributed by atoms with Crippen LogP contribution in [0.3, 0.4) is 0 Å². The number of alkyl halides is 3. The summed E-state index contributed by atoms with van der Waals surface area (Å²) >= 11 is 0. The predicted molar refractivity (Wildman–Crippen MR) is 54.2 cm³/mol. The van der Waals surface area contributed by atoms with E-state index in [2.05, 4.69) is 9.47 Å². The zero-order valence-electron chi connectivity index (χ0n) is 8.82. The van der Waals surface area contributed by atoms with E-state index < -0.39 is 12.3 Å². The average molecular weight is 246 g/mol. The van der Waals surface area contributed by atoms with Crippen LogP contribution in [0.15, 0.2) is 30.3 Å². The van der Waals surface area contributed by atoms with Crippen molar-refractivity contribution in [1.82, 2.24) is 0 Å². The maximum atomic E-state index is 11.9. The van der Waals surface area contributed by atoms with Crippen LogP contribution in [0, 0.1) is 0 Å². The molecule has 0 aliphatic heterocycles. The van der Waals surface area contributed by atoms with Crippen molar-refractivity contribution in [3.8, 4) is 5.75 Å². The SMILES string of the molecule is COC(=O)C=Cc1cccc(OC(F)(F)F)c1. The number of halogens is 3. The Morgan fingerprint density at radius 2 is 2.06 bits per heavy atom. The van der Waals surface area contributed by atoms with Gasteiger partial charge in [-0.05, 0) is 23.8 Å². The second kappa shape index (κ2) is 5.38. The molecule has 0 spiro atoms. The lowest BCUT2D eigenvalue weighted by molar-refractivity contribution is -0.274. The third-order valence-electron chi connectivity index (χ3n) is 1.70. The van der Waals surface area contributed by atoms with Gasteiger partial charge >= 0.3 is 12.3 Å². The number of methoxy groups -OCH3 is 1. The number of ether oxygens (including phenoxy) is 2. The van der Waals surface area contributed by atoms with Crippen molar-refractivity contribution in [2.24, 2.45) is 0 Å². The number of esters is 1. The average Bonchev–Trinajstić information content (AvgIpc) is 2.24. The molecule has 0 aliphatic rings. The molecule has 0 heterocycles. The van der Waals surface area contributed by atoms with Crippen LogP contribution < -0.4 is 4.74 Å². The Kier molecular flexibility index (Phi) is 4.14. The van der Waals surface area contributed by atoms with Crippen LogP contribution in [-0.2, 0) is 9.53 Å². The van der Waals surface area contributed by atoms with Crippen molar-refractivity contribution in [3.63, 3.8) is 0 Å². The van der Waals surface area contributed by atoms with Gasteiger partial charge in [0.2, 0.25) is 0 Å². The first-order valence-corrected chi connectivity index (χ1v) is 4.52. The minimum atomic E-state index is -4.73. The second-order valence-electron chi connectivity index (χ2n) is 2.98. The molecule has 0 amide bonds. The molecule has 3 nitrogen and oxygen atoms in total. The molecular weight excluding hydrogens is 237 g/mol. The Balaban J connectivity index is 2.79. The van der Waals surface area contributed by atoms with E-state index in [-0.39, 0.29) is 5.75 Å². The van der Waals surface area contributed by atoms with Crippen LogP contribution in [0.2, 0.25) is 0 Å². The number of benzene rings is 1. The maximum Gasteiger partial charge on any atom is 0.573 e. The Bertz CT molecular complexity index is 424. The molecule has 0 aromatic heterocycles. The van der Waals surface area contributed by atoms with Crippen LogP contribution in [0.5, 0.6) is 5.75 Å². The molecule has 0 unspecified atom stereocenters. The van der Waals surface area contributed by atoms with Crippen LogP contribution in [0.25, 0.3) is 6.08 Å². The summed E-state index contributed by atoms with van der Waals surface area (Å²) in [5.41, 5.74) is 0.400. The normalized spacial score (nSPS) is 11.5. The minimum absolute atomic E-state index is 0.343. The molecule has 1 aromatic carbocycles. The quantitative estimate of drug-likeness (QED) is 0.607. The predicted octanol–water partition coefficient (Wildman–Crippen LogP) is 2.77. The summed E-state index contributed by atoms with van der Waals surface area (Å²) in [6.45, 7) is 0. The van der Waals surface area contributed by atoms with E-state index in [1.54, 1.807) is 0 Å². The Morgan fingerprint density at radius 1 is 1.35 bits per heavy atom. The third-order valence-corrected chi connectivity index (χ3v) is 1.70. The number of hydrogen-bond donors (Lipinski definition) is 0. The van der Waals surface area contributed by atoms with Crippen molar-refractivity contribution in [3.05, 3.63) is 35.9 Å². The van der Waals surface area contributed by atoms with Crippen molar-refractivity contribution in [2.45, 2.75) is 6.36 Å². The first-order valence-electron chi connectivity index (χ1n) is 4.52. The summed E-state index contributed by atoms with van der Waals surface area (Å²) in [7, 11) is 1.20. The van der Waals surface area contributed by atoms with Gasteiger partial charge in [0.1, 0.15) is 5.75 Å². The Hall–Kier alpha value is -1.98. The lowest BCUT2D eigenvalue weighted by Crippen LogP contribution is -2.17. The van der Waals surface area contributed by atoms with E-state index in [4.69, 9.17) is 0 Å². The van der Waals surface area contributed by atoms with Crippen LogP contribution in [0.1, 0.15) is 5.56 Å². The van der Waals surface area contributed by atoms with Crippen molar-refractivity contribution >= 4 is 12.0 Å². The van der Waals surface area contributed by atoms with Gasteiger partial charge in [0, 0.05) is 6.08 Å². The number of rotatable bonds is 3. The van der Waals surface area contributed by atoms with E-state index in [1.165, 1.54) is 31.4 Å². The highest BCUT2D eigenvalue weighted by atomic mass is 19.4. The molecule has 92 valence electrons. The Labute approximate surface area is 95.5 Å². The molecule has 0 N–H and O–H groups in total. The minimum Gasteiger partial charge on any atom is -0.466 e. The van der Waals surface area contributed by atoms with Gasteiger partial charge in [-0.3, -0.25) is 0 Å². The van der Waals surface area contributed by atoms with Crippen molar-refractivity contribution < 1.29 is 27.4 Å². The topological polar surface area (TPSA) is 35.5 Å². The van der Waals surface area contributed by atoms with Crippen molar-refractivity contribution in [1.29, 1.82) is 0 Å². The van der Waals surface area contributed by atoms with E-state index in [9.17, 15) is 18.0 Å². The molecule has 0 saturated heterocycles. The molecule has 0 bridgehead atoms. The number of hydrogen-bond acceptors (Lipinski definition) is 3. The van der Waals surface area contributed by atoms with Gasteiger partial charge in [0.05, 0.1) is 7.11 Å². The molecule has 0 atom stereocenters. The van der Waals surface area contributed by atoms with E-state index in [0.717, 1.165) is 12.1 Å². The van der Waals surface area contributed by atoms with E-state index in [1.807, 2.05) is 0 Å². The van der Waals surface area contributed by atoms with Crippen molar-refractivity contribution in [2.75, 3.05) is 7.11 Å². The summed E-state index contributed by atoms with van der Waals surface area (Å²) in [6.07, 6.45) is -2.30. The van der Waals surface area contributed by atoms with Gasteiger partial charge in [-0.25, -0.2) is 4.79 Å². The molecule has 1 rings (SSSR count). The molecule has 0 aliphatic carbocycles. The number of carbonyl (C=O) groups is 1. The second-order valence-corrected chi connectivity index (χ2v) is 2.98. The van der Waals surface area contributed by atoms with Crippen LogP contribution >= 0.6 is 0 Å². The lowest BCUT2D eigenvalue weighted by Gasteiger charge is -2.08. The molecule has 0 fully saturated rings. The van der Waals surface area contributed by atoms with E-state index in [0.29, 0.717) is 5.56 Å². The first-order chi connectivity index (χ1) is 7.90. The summed E-state index contributed by atoms with van der Waals surface area (Å²) in [4.78, 5) is 10.8. The lowest BCUT2D eigenvalue weighted by atomic mass is 10.2. The molecular formula is C11H9F3O3. The molecule has 6 heteroatoms. The van der Waals surface area contributed by atoms with E-state index >= 15 is 0 Å². The van der Waals surface area contributed by atoms with Gasteiger partial charge in [0.25, 0.3) is 0 Å². The smallest absolute Gasteiger partial charge is 0.466 e. The highest BCUT2D eigenvalue weighted by Crippen LogP contribution is 2.23. The number of carbonyl (C=O) groups excluding carboxylic acids is 1. The Morgan fingerprint density at radius 3 is 2.65 bits per heavy atom. The summed E-state index contributed by atoms with van der Waals surface area (Å²) in [6, 6.07) is 5.25. The van der Waals surface area contributed by atoms with Gasteiger partial charge in [0.15, 0.2) is 0 Å². The third kappa shape index (κ3) is 5.05. The summed E-state index contributed by atoms with van der Waals surface area (Å²) < 4.78 is 43.9. The fourth-order valence-electron chi connectivity index (χ4n) is 1.05. The molecule has 0 saturated carbocycles. The zero-order valence-corrected chi connectivity index (χ0v) is 8.82. The van der Waals surface area contributed by atoms with Gasteiger partial charge in [-0.1, -0.05) is 12.1 Å². The summed E-state index contributed by atoms with van der Waals surface area (Å²) in [5, 5.41) is 0. The highest BCUT2D eigenvalue weighted by Gasteiger charge is 2.30. The molecule has 17 heavy (non-hydrogen) atoms. The first kappa shape index (κ1) is 13.1. The largest absolute Gasteiger partial charge is 0.573 e. The van der Waals surface area contributed by atoms with Gasteiger partial charge in [-0.2, -0.15) is 0 Å². The van der Waals surface area contributed by atoms with Crippen LogP contribution in [-0.4, -0.2) is 19.4 Å². The van der Waals surface area contributed by atoms with Gasteiger partial charge < -0.3 is 9.47 Å². The fourth-order valence-corrected chi connectivity index (χ4v) is 1.05.